The SMILES string of the molecule is O=C(C1CC1)N1CC[C@@H](CN2C(=O)C3(CCN(C(=O)C(F)(F)F)CC3)N=C2c2ccc(-c3ccc4occc4c3)cc2)C1. The summed E-state index contributed by atoms with van der Waals surface area (Å²) in [6.07, 6.45) is -0.632. The number of furan rings is 1. The zero-order valence-electron chi connectivity index (χ0n) is 23.5. The Morgan fingerprint density at radius 1 is 0.907 bits per heavy atom. The maximum absolute atomic E-state index is 14.0. The van der Waals surface area contributed by atoms with Crippen molar-refractivity contribution in [3.8, 4) is 11.1 Å². The predicted octanol–water partition coefficient (Wildman–Crippen LogP) is 4.87. The van der Waals surface area contributed by atoms with E-state index < -0.39 is 17.6 Å². The average Bonchev–Trinajstić information content (AvgIpc) is 3.46. The topological polar surface area (TPSA) is 86.4 Å². The first kappa shape index (κ1) is 27.7. The molecule has 8 nitrogen and oxygen atoms in total. The number of hydrogen-bond donors (Lipinski definition) is 0. The number of halogens is 3. The van der Waals surface area contributed by atoms with Gasteiger partial charge in [-0.1, -0.05) is 30.3 Å². The lowest BCUT2D eigenvalue weighted by Gasteiger charge is -2.36. The summed E-state index contributed by atoms with van der Waals surface area (Å²) in [6, 6.07) is 15.6. The van der Waals surface area contributed by atoms with Crippen molar-refractivity contribution in [2.24, 2.45) is 16.8 Å². The maximum atomic E-state index is 14.0. The number of amidine groups is 1. The second-order valence-corrected chi connectivity index (χ2v) is 12.1. The van der Waals surface area contributed by atoms with Gasteiger partial charge in [-0.05, 0) is 67.3 Å². The van der Waals surface area contributed by atoms with Gasteiger partial charge in [0.1, 0.15) is 17.0 Å². The molecule has 43 heavy (non-hydrogen) atoms. The lowest BCUT2D eigenvalue weighted by molar-refractivity contribution is -0.187. The zero-order valence-corrected chi connectivity index (χ0v) is 23.5. The molecule has 1 atom stereocenters. The highest BCUT2D eigenvalue weighted by Gasteiger charge is 2.53. The number of alkyl halides is 3. The molecule has 3 aromatic rings. The average molecular weight is 593 g/mol. The van der Waals surface area contributed by atoms with Crippen LogP contribution in [0.25, 0.3) is 22.1 Å². The van der Waals surface area contributed by atoms with E-state index in [0.717, 1.165) is 51.8 Å². The highest BCUT2D eigenvalue weighted by atomic mass is 19.4. The third-order valence-electron chi connectivity index (χ3n) is 9.23. The van der Waals surface area contributed by atoms with E-state index in [9.17, 15) is 27.6 Å². The quantitative estimate of drug-likeness (QED) is 0.423. The Morgan fingerprint density at radius 3 is 2.30 bits per heavy atom. The van der Waals surface area contributed by atoms with E-state index in [1.807, 2.05) is 53.4 Å². The number of carbonyl (C=O) groups excluding carboxylic acids is 3. The Morgan fingerprint density at radius 2 is 1.60 bits per heavy atom. The molecule has 3 amide bonds. The van der Waals surface area contributed by atoms with E-state index in [4.69, 9.17) is 9.41 Å². The van der Waals surface area contributed by atoms with Gasteiger partial charge in [0.05, 0.1) is 6.26 Å². The predicted molar refractivity (Wildman–Crippen MR) is 152 cm³/mol. The first-order chi connectivity index (χ1) is 20.6. The fraction of sp³-hybridized carbons (Fsp3) is 0.438. The molecule has 0 unspecified atom stereocenters. The van der Waals surface area contributed by atoms with E-state index in [0.29, 0.717) is 25.5 Å². The number of amides is 3. The van der Waals surface area contributed by atoms with Crippen LogP contribution in [0.3, 0.4) is 0 Å². The van der Waals surface area contributed by atoms with Crippen LogP contribution in [-0.2, 0) is 14.4 Å². The number of nitrogens with zero attached hydrogens (tertiary/aromatic N) is 4. The van der Waals surface area contributed by atoms with Crippen LogP contribution in [0.2, 0.25) is 0 Å². The molecule has 11 heteroatoms. The monoisotopic (exact) mass is 592 g/mol. The Balaban J connectivity index is 1.15. The summed E-state index contributed by atoms with van der Waals surface area (Å²) in [5.74, 6) is -1.26. The first-order valence-corrected chi connectivity index (χ1v) is 14.8. The normalized spacial score (nSPS) is 22.1. The Labute approximate surface area is 246 Å². The van der Waals surface area contributed by atoms with Gasteiger partial charge in [-0.2, -0.15) is 13.2 Å². The van der Waals surface area contributed by atoms with Crippen LogP contribution in [0.1, 0.15) is 37.7 Å². The standard InChI is InChI=1S/C32H31F3N4O4/c33-32(34,35)30(42)37-14-11-31(12-15-37)29(41)39(19-20-9-13-38(18-20)28(40)23-5-6-23)27(36-31)22-3-1-21(2-4-22)24-7-8-26-25(17-24)10-16-43-26/h1-4,7-8,10,16-17,20,23H,5-6,9,11-15,18-19H2/t20-/m1/s1. The Hall–Kier alpha value is -4.15. The Kier molecular flexibility index (Phi) is 6.59. The number of benzene rings is 2. The Bertz CT molecular complexity index is 1620. The van der Waals surface area contributed by atoms with Crippen molar-refractivity contribution in [1.82, 2.24) is 14.7 Å². The van der Waals surface area contributed by atoms with Crippen LogP contribution in [0.5, 0.6) is 0 Å². The van der Waals surface area contributed by atoms with E-state index in [-0.39, 0.29) is 49.6 Å². The van der Waals surface area contributed by atoms with Gasteiger partial charge in [-0.15, -0.1) is 0 Å². The summed E-state index contributed by atoms with van der Waals surface area (Å²) in [6.45, 7) is 1.21. The molecule has 0 N–H and O–H groups in total. The molecule has 7 rings (SSSR count). The fourth-order valence-corrected chi connectivity index (χ4v) is 6.62. The van der Waals surface area contributed by atoms with Crippen LogP contribution in [0, 0.1) is 11.8 Å². The zero-order chi connectivity index (χ0) is 29.9. The molecule has 1 aliphatic carbocycles. The molecule has 2 aromatic carbocycles. The van der Waals surface area contributed by atoms with Crippen molar-refractivity contribution < 1.29 is 32.0 Å². The van der Waals surface area contributed by atoms with Crippen molar-refractivity contribution in [3.63, 3.8) is 0 Å². The third kappa shape index (κ3) is 5.08. The van der Waals surface area contributed by atoms with Gasteiger partial charge in [0, 0.05) is 49.6 Å². The van der Waals surface area contributed by atoms with Crippen LogP contribution in [-0.4, -0.2) is 82.7 Å². The summed E-state index contributed by atoms with van der Waals surface area (Å²) in [4.78, 5) is 47.8. The molecule has 1 saturated carbocycles. The van der Waals surface area contributed by atoms with Gasteiger partial charge in [0.25, 0.3) is 5.91 Å². The second kappa shape index (κ2) is 10.2. The van der Waals surface area contributed by atoms with E-state index in [2.05, 4.69) is 0 Å². The molecule has 1 spiro atoms. The molecule has 3 aliphatic heterocycles. The number of likely N-dealkylation sites (tertiary alicyclic amines) is 2. The van der Waals surface area contributed by atoms with Gasteiger partial charge in [-0.3, -0.25) is 24.3 Å². The molecule has 0 bridgehead atoms. The van der Waals surface area contributed by atoms with Crippen molar-refractivity contribution >= 4 is 34.5 Å². The minimum atomic E-state index is -4.96. The number of fused-ring (bicyclic) bond motifs is 1. The number of carbonyl (C=O) groups is 3. The van der Waals surface area contributed by atoms with Crippen LogP contribution in [0.4, 0.5) is 13.2 Å². The van der Waals surface area contributed by atoms with Crippen LogP contribution >= 0.6 is 0 Å². The van der Waals surface area contributed by atoms with Gasteiger partial charge in [0.15, 0.2) is 0 Å². The summed E-state index contributed by atoms with van der Waals surface area (Å²) >= 11 is 0. The highest BCUT2D eigenvalue weighted by Crippen LogP contribution is 2.38. The van der Waals surface area contributed by atoms with E-state index in [1.165, 1.54) is 0 Å². The van der Waals surface area contributed by atoms with Gasteiger partial charge >= 0.3 is 12.1 Å². The second-order valence-electron chi connectivity index (χ2n) is 12.1. The summed E-state index contributed by atoms with van der Waals surface area (Å²) in [5, 5.41) is 0.988. The fourth-order valence-electron chi connectivity index (χ4n) is 6.62. The lowest BCUT2D eigenvalue weighted by atomic mass is 9.87. The van der Waals surface area contributed by atoms with E-state index >= 15 is 0 Å². The molecule has 3 fully saturated rings. The van der Waals surface area contributed by atoms with Crippen molar-refractivity contribution in [3.05, 3.63) is 60.4 Å². The molecular formula is C32H31F3N4O4. The van der Waals surface area contributed by atoms with Crippen molar-refractivity contribution in [2.75, 3.05) is 32.7 Å². The minimum Gasteiger partial charge on any atom is -0.464 e. The smallest absolute Gasteiger partial charge is 0.464 e. The minimum absolute atomic E-state index is 0.0212. The summed E-state index contributed by atoms with van der Waals surface area (Å²) in [5.41, 5.74) is 2.29. The van der Waals surface area contributed by atoms with Crippen LogP contribution < -0.4 is 0 Å². The van der Waals surface area contributed by atoms with Gasteiger partial charge < -0.3 is 14.2 Å². The number of rotatable bonds is 5. The molecular weight excluding hydrogens is 561 g/mol. The van der Waals surface area contributed by atoms with Crippen molar-refractivity contribution in [1.29, 1.82) is 0 Å². The van der Waals surface area contributed by atoms with Gasteiger partial charge in [-0.25, -0.2) is 0 Å². The highest BCUT2D eigenvalue weighted by molar-refractivity contribution is 6.15. The largest absolute Gasteiger partial charge is 0.471 e. The molecule has 0 radical (unpaired) electrons. The molecule has 2 saturated heterocycles. The maximum Gasteiger partial charge on any atom is 0.471 e. The summed E-state index contributed by atoms with van der Waals surface area (Å²) < 4.78 is 44.7. The number of piperidine rings is 1. The first-order valence-electron chi connectivity index (χ1n) is 14.8. The molecule has 4 heterocycles. The molecule has 1 aromatic heterocycles. The van der Waals surface area contributed by atoms with Crippen molar-refractivity contribution in [2.45, 2.75) is 43.8 Å². The number of aliphatic imine (C=N–C) groups is 1. The molecule has 224 valence electrons. The van der Waals surface area contributed by atoms with E-state index in [1.54, 1.807) is 11.2 Å². The van der Waals surface area contributed by atoms with Crippen LogP contribution in [0.15, 0.2) is 64.2 Å². The van der Waals surface area contributed by atoms with Gasteiger partial charge in [0.2, 0.25) is 5.91 Å². The lowest BCUT2D eigenvalue weighted by Crippen LogP contribution is -2.54. The molecule has 4 aliphatic rings. The third-order valence-corrected chi connectivity index (χ3v) is 9.23. The number of hydrogen-bond acceptors (Lipinski definition) is 5. The summed E-state index contributed by atoms with van der Waals surface area (Å²) in [7, 11) is 0.